The van der Waals surface area contributed by atoms with E-state index < -0.39 is 0 Å². The van der Waals surface area contributed by atoms with Crippen LogP contribution in [0, 0.1) is 17.3 Å². The van der Waals surface area contributed by atoms with Crippen LogP contribution in [0.1, 0.15) is 31.2 Å². The first-order valence-corrected chi connectivity index (χ1v) is 8.03. The van der Waals surface area contributed by atoms with Gasteiger partial charge in [-0.1, -0.05) is 52.2 Å². The molecule has 0 amide bonds. The molecular weight excluding hydrogens is 296 g/mol. The second-order valence-electron chi connectivity index (χ2n) is 5.84. The summed E-state index contributed by atoms with van der Waals surface area (Å²) in [6, 6.07) is 8.34. The third kappa shape index (κ3) is 2.06. The maximum absolute atomic E-state index is 6.31. The highest BCUT2D eigenvalue weighted by Crippen LogP contribution is 2.58. The summed E-state index contributed by atoms with van der Waals surface area (Å²) in [5.74, 6) is 1.91. The summed E-state index contributed by atoms with van der Waals surface area (Å²) in [7, 11) is 0. The average Bonchev–Trinajstić information content (AvgIpc) is 2.93. The van der Waals surface area contributed by atoms with Crippen molar-refractivity contribution >= 4 is 27.5 Å². The predicted molar refractivity (Wildman–Crippen MR) is 76.8 cm³/mol. The van der Waals surface area contributed by atoms with Gasteiger partial charge < -0.3 is 0 Å². The van der Waals surface area contributed by atoms with Crippen molar-refractivity contribution in [1.29, 1.82) is 0 Å². The van der Waals surface area contributed by atoms with Gasteiger partial charge >= 0.3 is 0 Å². The molecule has 0 aliphatic heterocycles. The van der Waals surface area contributed by atoms with Crippen molar-refractivity contribution in [2.45, 2.75) is 32.1 Å². The molecule has 2 fully saturated rings. The van der Waals surface area contributed by atoms with E-state index in [9.17, 15) is 0 Å². The first-order valence-electron chi connectivity index (χ1n) is 6.53. The van der Waals surface area contributed by atoms with E-state index >= 15 is 0 Å². The molecule has 0 N–H and O–H groups in total. The van der Waals surface area contributed by atoms with Crippen LogP contribution in [0.3, 0.4) is 0 Å². The molecule has 0 saturated heterocycles. The Morgan fingerprint density at radius 2 is 2.12 bits per heavy atom. The standard InChI is InChI=1S/C15H18BrCl/c16-10-15(8-11-5-6-13(15)7-11)9-12-3-1-2-4-14(12)17/h1-4,11,13H,5-10H2. The second kappa shape index (κ2) is 4.59. The van der Waals surface area contributed by atoms with Crippen LogP contribution < -0.4 is 0 Å². The lowest BCUT2D eigenvalue weighted by Gasteiger charge is -2.36. The summed E-state index contributed by atoms with van der Waals surface area (Å²) in [5, 5.41) is 2.07. The van der Waals surface area contributed by atoms with Crippen LogP contribution in [0.2, 0.25) is 5.02 Å². The number of hydrogen-bond donors (Lipinski definition) is 0. The van der Waals surface area contributed by atoms with Crippen LogP contribution in [0.25, 0.3) is 0 Å². The van der Waals surface area contributed by atoms with Crippen LogP contribution in [0.15, 0.2) is 24.3 Å². The molecule has 0 aromatic heterocycles. The molecule has 0 nitrogen and oxygen atoms in total. The Hall–Kier alpha value is -0.0100. The lowest BCUT2D eigenvalue weighted by atomic mass is 9.71. The van der Waals surface area contributed by atoms with Gasteiger partial charge in [-0.2, -0.15) is 0 Å². The van der Waals surface area contributed by atoms with E-state index in [4.69, 9.17) is 11.6 Å². The molecule has 2 aliphatic carbocycles. The Bertz CT molecular complexity index is 417. The van der Waals surface area contributed by atoms with Crippen LogP contribution in [-0.4, -0.2) is 5.33 Å². The molecule has 0 heterocycles. The van der Waals surface area contributed by atoms with E-state index in [0.717, 1.165) is 28.6 Å². The molecule has 1 aromatic rings. The lowest BCUT2D eigenvalue weighted by molar-refractivity contribution is 0.197. The van der Waals surface area contributed by atoms with E-state index in [2.05, 4.69) is 28.1 Å². The summed E-state index contributed by atoms with van der Waals surface area (Å²) in [6.45, 7) is 0. The van der Waals surface area contributed by atoms with E-state index in [1.165, 1.54) is 31.2 Å². The molecule has 2 aliphatic rings. The summed E-state index contributed by atoms with van der Waals surface area (Å²) in [6.07, 6.45) is 6.89. The van der Waals surface area contributed by atoms with Gasteiger partial charge in [-0.05, 0) is 54.6 Å². The van der Waals surface area contributed by atoms with Gasteiger partial charge in [0.1, 0.15) is 0 Å². The van der Waals surface area contributed by atoms with Gasteiger partial charge in [-0.25, -0.2) is 0 Å². The molecule has 0 spiro atoms. The maximum Gasteiger partial charge on any atom is 0.0438 e. The van der Waals surface area contributed by atoms with Crippen LogP contribution in [0.4, 0.5) is 0 Å². The summed E-state index contributed by atoms with van der Waals surface area (Å²) < 4.78 is 0. The first-order chi connectivity index (χ1) is 8.23. The third-order valence-corrected chi connectivity index (χ3v) is 6.35. The Morgan fingerprint density at radius 3 is 2.71 bits per heavy atom. The minimum absolute atomic E-state index is 0.480. The monoisotopic (exact) mass is 312 g/mol. The molecule has 1 aromatic carbocycles. The van der Waals surface area contributed by atoms with Crippen molar-refractivity contribution in [2.75, 3.05) is 5.33 Å². The van der Waals surface area contributed by atoms with Gasteiger partial charge in [-0.15, -0.1) is 0 Å². The molecule has 17 heavy (non-hydrogen) atoms. The summed E-state index contributed by atoms with van der Waals surface area (Å²) in [5.41, 5.74) is 1.81. The summed E-state index contributed by atoms with van der Waals surface area (Å²) in [4.78, 5) is 0. The van der Waals surface area contributed by atoms with E-state index in [1.54, 1.807) is 0 Å². The Morgan fingerprint density at radius 1 is 1.29 bits per heavy atom. The minimum Gasteiger partial charge on any atom is -0.0922 e. The van der Waals surface area contributed by atoms with Gasteiger partial charge in [0.25, 0.3) is 0 Å². The maximum atomic E-state index is 6.31. The van der Waals surface area contributed by atoms with Gasteiger partial charge in [-0.3, -0.25) is 0 Å². The number of hydrogen-bond acceptors (Lipinski definition) is 0. The lowest BCUT2D eigenvalue weighted by Crippen LogP contribution is -2.32. The van der Waals surface area contributed by atoms with Crippen molar-refractivity contribution in [3.63, 3.8) is 0 Å². The fraction of sp³-hybridized carbons (Fsp3) is 0.600. The normalized spacial score (nSPS) is 35.4. The van der Waals surface area contributed by atoms with Crippen molar-refractivity contribution < 1.29 is 0 Å². The van der Waals surface area contributed by atoms with Crippen LogP contribution >= 0.6 is 27.5 Å². The van der Waals surface area contributed by atoms with Crippen LogP contribution in [-0.2, 0) is 6.42 Å². The number of halogens is 2. The number of rotatable bonds is 3. The Balaban J connectivity index is 1.86. The highest BCUT2D eigenvalue weighted by atomic mass is 79.9. The quantitative estimate of drug-likeness (QED) is 0.682. The second-order valence-corrected chi connectivity index (χ2v) is 6.81. The minimum atomic E-state index is 0.480. The largest absolute Gasteiger partial charge is 0.0922 e. The fourth-order valence-corrected chi connectivity index (χ4v) is 5.09. The van der Waals surface area contributed by atoms with E-state index in [0.29, 0.717) is 5.41 Å². The molecule has 3 atom stereocenters. The smallest absolute Gasteiger partial charge is 0.0438 e. The highest BCUT2D eigenvalue weighted by Gasteiger charge is 2.50. The molecule has 0 radical (unpaired) electrons. The van der Waals surface area contributed by atoms with Crippen molar-refractivity contribution in [2.24, 2.45) is 17.3 Å². The number of alkyl halides is 1. The van der Waals surface area contributed by atoms with Gasteiger partial charge in [0.2, 0.25) is 0 Å². The van der Waals surface area contributed by atoms with E-state index in [1.807, 2.05) is 12.1 Å². The van der Waals surface area contributed by atoms with Gasteiger partial charge in [0.05, 0.1) is 0 Å². The van der Waals surface area contributed by atoms with Gasteiger partial charge in [0, 0.05) is 10.4 Å². The Kier molecular flexibility index (Phi) is 3.25. The highest BCUT2D eigenvalue weighted by molar-refractivity contribution is 9.09. The Labute approximate surface area is 117 Å². The summed E-state index contributed by atoms with van der Waals surface area (Å²) >= 11 is 10.1. The van der Waals surface area contributed by atoms with Crippen LogP contribution in [0.5, 0.6) is 0 Å². The molecule has 2 bridgehead atoms. The predicted octanol–water partition coefficient (Wildman–Crippen LogP) is 5.08. The third-order valence-electron chi connectivity index (χ3n) is 4.87. The zero-order chi connectivity index (χ0) is 11.9. The van der Waals surface area contributed by atoms with Crippen molar-refractivity contribution in [3.8, 4) is 0 Å². The molecular formula is C15H18BrCl. The SMILES string of the molecule is Clc1ccccc1CC1(CBr)CC2CCC1C2. The number of benzene rings is 1. The fourth-order valence-electron chi connectivity index (χ4n) is 4.01. The zero-order valence-electron chi connectivity index (χ0n) is 9.96. The molecule has 2 saturated carbocycles. The first kappa shape index (κ1) is 12.0. The number of fused-ring (bicyclic) bond motifs is 2. The zero-order valence-corrected chi connectivity index (χ0v) is 12.3. The molecule has 3 rings (SSSR count). The average molecular weight is 314 g/mol. The molecule has 92 valence electrons. The van der Waals surface area contributed by atoms with E-state index in [-0.39, 0.29) is 0 Å². The van der Waals surface area contributed by atoms with Gasteiger partial charge in [0.15, 0.2) is 0 Å². The van der Waals surface area contributed by atoms with Crippen molar-refractivity contribution in [3.05, 3.63) is 34.9 Å². The topological polar surface area (TPSA) is 0 Å². The molecule has 3 unspecified atom stereocenters. The molecule has 2 heteroatoms. The van der Waals surface area contributed by atoms with Crippen molar-refractivity contribution in [1.82, 2.24) is 0 Å².